The third kappa shape index (κ3) is 3.99. The van der Waals surface area contributed by atoms with Gasteiger partial charge in [-0.2, -0.15) is 0 Å². The Morgan fingerprint density at radius 1 is 1.10 bits per heavy atom. The Kier molecular flexibility index (Phi) is 5.54. The van der Waals surface area contributed by atoms with Crippen molar-refractivity contribution in [3.63, 3.8) is 0 Å². The molecular weight excluding hydrogens is 358 g/mol. The minimum absolute atomic E-state index is 0.0704. The maximum absolute atomic E-state index is 13.6. The predicted octanol–water partition coefficient (Wildman–Crippen LogP) is 3.74. The van der Waals surface area contributed by atoms with E-state index < -0.39 is 0 Å². The highest BCUT2D eigenvalue weighted by Gasteiger charge is 2.41. The van der Waals surface area contributed by atoms with Crippen molar-refractivity contribution in [1.29, 1.82) is 0 Å². The van der Waals surface area contributed by atoms with Crippen LogP contribution in [0.4, 0.5) is 5.69 Å². The lowest BCUT2D eigenvalue weighted by molar-refractivity contribution is -0.940. The topological polar surface area (TPSA) is 38.5 Å². The molecule has 150 valence electrons. The molecule has 1 saturated heterocycles. The Bertz CT molecular complexity index is 992. The van der Waals surface area contributed by atoms with Gasteiger partial charge in [-0.3, -0.25) is 4.79 Å². The van der Waals surface area contributed by atoms with Crippen molar-refractivity contribution in [2.75, 3.05) is 11.9 Å². The number of carbonyl (C=O) groups is 1. The van der Waals surface area contributed by atoms with E-state index in [0.717, 1.165) is 41.8 Å². The molecule has 0 spiro atoms. The van der Waals surface area contributed by atoms with Crippen LogP contribution < -0.4 is 10.2 Å². The number of hydrogen-bond donors (Lipinski definition) is 2. The summed E-state index contributed by atoms with van der Waals surface area (Å²) < 4.78 is 2.20. The van der Waals surface area contributed by atoms with E-state index in [1.54, 1.807) is 0 Å². The van der Waals surface area contributed by atoms with Gasteiger partial charge in [-0.05, 0) is 43.2 Å². The standard InChI is InChI=1S/C25H29N3O/c1-18-13-14-19(2)21(17-18)26-25(29)24(20-9-5-4-6-10-20)28-16-8-12-23(28)22-11-7-15-27(22)3/h4-7,9-11,13-15,17,23-24H,8,12,16H2,1-3H3,(H,26,29)/p+1/t23-,24+/m1/s1. The molecule has 0 aliphatic carbocycles. The van der Waals surface area contributed by atoms with Gasteiger partial charge in [0.05, 0.1) is 12.2 Å². The Labute approximate surface area is 173 Å². The summed E-state index contributed by atoms with van der Waals surface area (Å²) in [5.41, 5.74) is 5.53. The Hall–Kier alpha value is -2.85. The SMILES string of the molecule is Cc1ccc(C)c(NC(=O)[C@H](c2ccccc2)[NH+]2CCC[C@@H]2c2cccn2C)c1. The zero-order valence-corrected chi connectivity index (χ0v) is 17.5. The van der Waals surface area contributed by atoms with Gasteiger partial charge in [-0.25, -0.2) is 0 Å². The quantitative estimate of drug-likeness (QED) is 0.687. The smallest absolute Gasteiger partial charge is 0.287 e. The number of aryl methyl sites for hydroxylation is 3. The van der Waals surface area contributed by atoms with Crippen LogP contribution in [0.15, 0.2) is 66.9 Å². The maximum atomic E-state index is 13.6. The first-order valence-corrected chi connectivity index (χ1v) is 10.4. The van der Waals surface area contributed by atoms with Gasteiger partial charge in [0.15, 0.2) is 6.04 Å². The first kappa shape index (κ1) is 19.5. The Morgan fingerprint density at radius 2 is 1.90 bits per heavy atom. The van der Waals surface area contributed by atoms with Crippen LogP contribution in [-0.2, 0) is 11.8 Å². The summed E-state index contributed by atoms with van der Waals surface area (Å²) in [5, 5.41) is 3.24. The van der Waals surface area contributed by atoms with Gasteiger partial charge in [0.25, 0.3) is 5.91 Å². The molecule has 3 aromatic rings. The van der Waals surface area contributed by atoms with Gasteiger partial charge in [-0.15, -0.1) is 0 Å². The summed E-state index contributed by atoms with van der Waals surface area (Å²) >= 11 is 0. The van der Waals surface area contributed by atoms with E-state index in [-0.39, 0.29) is 11.9 Å². The highest BCUT2D eigenvalue weighted by molar-refractivity contribution is 5.95. The number of hydrogen-bond acceptors (Lipinski definition) is 1. The van der Waals surface area contributed by atoms with Crippen LogP contribution in [0.5, 0.6) is 0 Å². The summed E-state index contributed by atoms with van der Waals surface area (Å²) in [6.07, 6.45) is 4.33. The largest absolute Gasteiger partial charge is 0.350 e. The lowest BCUT2D eigenvalue weighted by atomic mass is 10.0. The van der Waals surface area contributed by atoms with Crippen molar-refractivity contribution in [3.05, 3.63) is 89.2 Å². The molecule has 0 bridgehead atoms. The van der Waals surface area contributed by atoms with E-state index in [1.165, 1.54) is 10.6 Å². The summed E-state index contributed by atoms with van der Waals surface area (Å²) in [6, 6.07) is 20.8. The number of carbonyl (C=O) groups excluding carboxylic acids is 1. The molecule has 4 nitrogen and oxygen atoms in total. The molecule has 1 aliphatic heterocycles. The number of likely N-dealkylation sites (tertiary alicyclic amines) is 1. The van der Waals surface area contributed by atoms with Crippen molar-refractivity contribution in [2.24, 2.45) is 7.05 Å². The molecule has 1 amide bonds. The molecule has 0 radical (unpaired) electrons. The van der Waals surface area contributed by atoms with E-state index in [2.05, 4.69) is 72.5 Å². The van der Waals surface area contributed by atoms with Crippen LogP contribution in [0.25, 0.3) is 0 Å². The van der Waals surface area contributed by atoms with Crippen LogP contribution in [0.1, 0.15) is 47.3 Å². The van der Waals surface area contributed by atoms with E-state index in [4.69, 9.17) is 0 Å². The monoisotopic (exact) mass is 388 g/mol. The molecule has 4 rings (SSSR count). The number of aromatic nitrogens is 1. The average molecular weight is 389 g/mol. The summed E-state index contributed by atoms with van der Waals surface area (Å²) in [6.45, 7) is 5.10. The molecule has 29 heavy (non-hydrogen) atoms. The van der Waals surface area contributed by atoms with Crippen LogP contribution in [0.2, 0.25) is 0 Å². The number of quaternary nitrogens is 1. The Morgan fingerprint density at radius 3 is 2.62 bits per heavy atom. The molecule has 1 fully saturated rings. The van der Waals surface area contributed by atoms with Gasteiger partial charge < -0.3 is 14.8 Å². The number of benzene rings is 2. The number of nitrogens with one attached hydrogen (secondary N) is 2. The van der Waals surface area contributed by atoms with Crippen LogP contribution >= 0.6 is 0 Å². The van der Waals surface area contributed by atoms with Crippen molar-refractivity contribution in [3.8, 4) is 0 Å². The maximum Gasteiger partial charge on any atom is 0.287 e. The average Bonchev–Trinajstić information content (AvgIpc) is 3.34. The number of anilines is 1. The molecule has 3 atom stereocenters. The molecule has 1 unspecified atom stereocenters. The molecule has 2 aromatic carbocycles. The fourth-order valence-electron chi connectivity index (χ4n) is 4.64. The molecule has 1 aliphatic rings. The minimum atomic E-state index is -0.237. The highest BCUT2D eigenvalue weighted by Crippen LogP contribution is 2.25. The van der Waals surface area contributed by atoms with Crippen LogP contribution in [-0.4, -0.2) is 17.0 Å². The lowest BCUT2D eigenvalue weighted by Crippen LogP contribution is -3.11. The lowest BCUT2D eigenvalue weighted by Gasteiger charge is -2.30. The van der Waals surface area contributed by atoms with E-state index in [1.807, 2.05) is 25.1 Å². The first-order valence-electron chi connectivity index (χ1n) is 10.4. The van der Waals surface area contributed by atoms with E-state index in [9.17, 15) is 4.79 Å². The second-order valence-electron chi connectivity index (χ2n) is 8.22. The normalized spacial score (nSPS) is 19.8. The second-order valence-corrected chi connectivity index (χ2v) is 8.22. The number of rotatable bonds is 5. The van der Waals surface area contributed by atoms with Crippen molar-refractivity contribution >= 4 is 11.6 Å². The minimum Gasteiger partial charge on any atom is -0.350 e. The fraction of sp³-hybridized carbons (Fsp3) is 0.320. The summed E-state index contributed by atoms with van der Waals surface area (Å²) in [4.78, 5) is 15.0. The van der Waals surface area contributed by atoms with Crippen molar-refractivity contribution < 1.29 is 9.69 Å². The van der Waals surface area contributed by atoms with Gasteiger partial charge in [-0.1, -0.05) is 42.5 Å². The highest BCUT2D eigenvalue weighted by atomic mass is 16.2. The van der Waals surface area contributed by atoms with Crippen molar-refractivity contribution in [2.45, 2.75) is 38.8 Å². The fourth-order valence-corrected chi connectivity index (χ4v) is 4.64. The number of amides is 1. The molecule has 1 aromatic heterocycles. The van der Waals surface area contributed by atoms with Crippen LogP contribution in [0.3, 0.4) is 0 Å². The zero-order valence-electron chi connectivity index (χ0n) is 17.5. The molecular formula is C25H30N3O+. The molecule has 0 saturated carbocycles. The zero-order chi connectivity index (χ0) is 20.4. The third-order valence-corrected chi connectivity index (χ3v) is 6.16. The van der Waals surface area contributed by atoms with Crippen LogP contribution in [0, 0.1) is 13.8 Å². The van der Waals surface area contributed by atoms with E-state index >= 15 is 0 Å². The van der Waals surface area contributed by atoms with Gasteiger partial charge in [0.2, 0.25) is 0 Å². The molecule has 2 heterocycles. The molecule has 4 heteroatoms. The summed E-state index contributed by atoms with van der Waals surface area (Å²) in [7, 11) is 2.10. The first-order chi connectivity index (χ1) is 14.0. The molecule has 2 N–H and O–H groups in total. The van der Waals surface area contributed by atoms with Crippen molar-refractivity contribution in [1.82, 2.24) is 4.57 Å². The third-order valence-electron chi connectivity index (χ3n) is 6.16. The Balaban J connectivity index is 1.69. The van der Waals surface area contributed by atoms with E-state index in [0.29, 0.717) is 6.04 Å². The number of nitrogens with zero attached hydrogens (tertiary/aromatic N) is 1. The predicted molar refractivity (Wildman–Crippen MR) is 117 cm³/mol. The summed E-state index contributed by atoms with van der Waals surface area (Å²) in [5.74, 6) is 0.0704. The van der Waals surface area contributed by atoms with Gasteiger partial charge in [0.1, 0.15) is 6.04 Å². The second kappa shape index (κ2) is 8.26. The van der Waals surface area contributed by atoms with Gasteiger partial charge in [0, 0.05) is 37.3 Å². The van der Waals surface area contributed by atoms with Gasteiger partial charge >= 0.3 is 0 Å².